The van der Waals surface area contributed by atoms with Crippen LogP contribution < -0.4 is 21.2 Å². The standard InChI is InChI=1S/C17H13ClIO3/c18-12-3-4-15-14(9-12)17(22)13-7-10(8-16(20)21)1-2-11(13)5-6-19-15/h1-4,7,9H,5-6,8H2,(H,20,21)/q-1. The van der Waals surface area contributed by atoms with Gasteiger partial charge in [-0.05, 0) is 0 Å². The number of carboxylic acids is 1. The predicted molar refractivity (Wildman–Crippen MR) is 79.9 cm³/mol. The molecule has 0 fully saturated rings. The summed E-state index contributed by atoms with van der Waals surface area (Å²) in [6, 6.07) is 10.9. The van der Waals surface area contributed by atoms with E-state index in [1.165, 1.54) is 0 Å². The first-order valence-corrected chi connectivity index (χ1v) is 9.80. The number of hydrogen-bond acceptors (Lipinski definition) is 2. The molecule has 0 unspecified atom stereocenters. The second-order valence-electron chi connectivity index (χ2n) is 5.09. The maximum absolute atomic E-state index is 12.9. The third kappa shape index (κ3) is 3.17. The Bertz CT molecular complexity index is 770. The van der Waals surface area contributed by atoms with E-state index in [1.807, 2.05) is 18.2 Å². The van der Waals surface area contributed by atoms with Gasteiger partial charge in [0, 0.05) is 0 Å². The van der Waals surface area contributed by atoms with Crippen LogP contribution >= 0.6 is 11.6 Å². The average Bonchev–Trinajstić information content (AvgIpc) is 2.47. The summed E-state index contributed by atoms with van der Waals surface area (Å²) < 4.78 is 2.17. The number of alkyl halides is 1. The van der Waals surface area contributed by atoms with Crippen molar-refractivity contribution >= 4 is 23.4 Å². The molecule has 1 aliphatic heterocycles. The van der Waals surface area contributed by atoms with E-state index in [1.54, 1.807) is 18.2 Å². The second kappa shape index (κ2) is 6.38. The van der Waals surface area contributed by atoms with Crippen molar-refractivity contribution in [2.45, 2.75) is 12.8 Å². The Morgan fingerprint density at radius 3 is 2.77 bits per heavy atom. The van der Waals surface area contributed by atoms with E-state index in [0.29, 0.717) is 21.7 Å². The van der Waals surface area contributed by atoms with Crippen molar-refractivity contribution in [3.05, 3.63) is 67.2 Å². The van der Waals surface area contributed by atoms with E-state index in [9.17, 15) is 9.59 Å². The Hall–Kier alpha value is -1.40. The number of carboxylic acid groups (broad SMARTS) is 1. The van der Waals surface area contributed by atoms with Gasteiger partial charge in [-0.2, -0.15) is 0 Å². The number of aryl methyl sites for hydroxylation is 1. The first kappa shape index (κ1) is 15.5. The number of fused-ring (bicyclic) bond motifs is 2. The zero-order valence-electron chi connectivity index (χ0n) is 11.6. The summed E-state index contributed by atoms with van der Waals surface area (Å²) in [7, 11) is 0. The van der Waals surface area contributed by atoms with Crippen molar-refractivity contribution in [1.29, 1.82) is 0 Å². The number of hydrogen-bond donors (Lipinski definition) is 1. The molecule has 0 aromatic heterocycles. The summed E-state index contributed by atoms with van der Waals surface area (Å²) in [5.74, 6) is -0.938. The van der Waals surface area contributed by atoms with Crippen LogP contribution in [0.1, 0.15) is 27.0 Å². The first-order valence-electron chi connectivity index (χ1n) is 6.81. The molecule has 5 heteroatoms. The summed E-state index contributed by atoms with van der Waals surface area (Å²) >= 11 is 5.83. The number of carbonyl (C=O) groups excluding carboxylic acids is 1. The molecule has 0 bridgehead atoms. The van der Waals surface area contributed by atoms with Crippen LogP contribution in [0.15, 0.2) is 36.4 Å². The predicted octanol–water partition coefficient (Wildman–Crippen LogP) is 0.0128. The summed E-state index contributed by atoms with van der Waals surface area (Å²) in [4.78, 5) is 23.8. The molecule has 0 saturated carbocycles. The topological polar surface area (TPSA) is 54.4 Å². The maximum atomic E-state index is 12.9. The molecule has 2 aromatic carbocycles. The van der Waals surface area contributed by atoms with E-state index in [2.05, 4.69) is 0 Å². The van der Waals surface area contributed by atoms with Crippen LogP contribution in [0.2, 0.25) is 5.02 Å². The Balaban J connectivity index is 2.10. The van der Waals surface area contributed by atoms with Crippen LogP contribution in [0, 0.1) is 3.57 Å². The van der Waals surface area contributed by atoms with Gasteiger partial charge in [0.25, 0.3) is 0 Å². The van der Waals surface area contributed by atoms with E-state index in [0.717, 1.165) is 20.0 Å². The number of ketones is 1. The summed E-state index contributed by atoms with van der Waals surface area (Å²) in [5.41, 5.74) is 2.95. The average molecular weight is 428 g/mol. The van der Waals surface area contributed by atoms with Gasteiger partial charge in [-0.1, -0.05) is 0 Å². The third-order valence-electron chi connectivity index (χ3n) is 3.55. The number of aliphatic carboxylic acids is 1. The summed E-state index contributed by atoms with van der Waals surface area (Å²) in [6.07, 6.45) is 0.791. The van der Waals surface area contributed by atoms with Crippen molar-refractivity contribution in [3.8, 4) is 0 Å². The van der Waals surface area contributed by atoms with Crippen LogP contribution in [0.4, 0.5) is 0 Å². The van der Waals surface area contributed by atoms with Crippen LogP contribution in [0.25, 0.3) is 0 Å². The zero-order chi connectivity index (χ0) is 15.7. The van der Waals surface area contributed by atoms with E-state index in [-0.39, 0.29) is 33.4 Å². The molecule has 0 radical (unpaired) electrons. The molecule has 0 aliphatic carbocycles. The van der Waals surface area contributed by atoms with Gasteiger partial charge >= 0.3 is 144 Å². The first-order chi connectivity index (χ1) is 10.5. The van der Waals surface area contributed by atoms with Gasteiger partial charge in [0.1, 0.15) is 0 Å². The van der Waals surface area contributed by atoms with Crippen molar-refractivity contribution < 1.29 is 35.9 Å². The Morgan fingerprint density at radius 2 is 2.00 bits per heavy atom. The van der Waals surface area contributed by atoms with Crippen molar-refractivity contribution in [2.24, 2.45) is 0 Å². The van der Waals surface area contributed by atoms with E-state index < -0.39 is 5.97 Å². The van der Waals surface area contributed by atoms with Crippen molar-refractivity contribution in [1.82, 2.24) is 0 Å². The molecule has 3 rings (SSSR count). The molecular weight excluding hydrogens is 415 g/mol. The minimum absolute atomic E-state index is 0.0425. The van der Waals surface area contributed by atoms with Crippen LogP contribution in [0.3, 0.4) is 0 Å². The number of benzene rings is 2. The van der Waals surface area contributed by atoms with Crippen molar-refractivity contribution in [2.75, 3.05) is 4.43 Å². The molecule has 22 heavy (non-hydrogen) atoms. The van der Waals surface area contributed by atoms with Gasteiger partial charge < -0.3 is 0 Å². The number of carbonyl (C=O) groups is 2. The molecule has 0 spiro atoms. The zero-order valence-corrected chi connectivity index (χ0v) is 14.5. The Morgan fingerprint density at radius 1 is 1.18 bits per heavy atom. The quantitative estimate of drug-likeness (QED) is 0.543. The van der Waals surface area contributed by atoms with Gasteiger partial charge in [-0.15, -0.1) is 0 Å². The molecule has 114 valence electrons. The second-order valence-corrected chi connectivity index (χ2v) is 8.53. The molecular formula is C17H13ClIO3-. The SMILES string of the molecule is O=C(O)Cc1ccc2c(c1)C(=O)c1cc(Cl)ccc1[I-]CC2. The molecule has 2 aromatic rings. The monoisotopic (exact) mass is 427 g/mol. The van der Waals surface area contributed by atoms with Gasteiger partial charge in [-0.3, -0.25) is 0 Å². The minimum atomic E-state index is -0.896. The Labute approximate surface area is 143 Å². The number of rotatable bonds is 2. The summed E-state index contributed by atoms with van der Waals surface area (Å²) in [5, 5.41) is 9.49. The van der Waals surface area contributed by atoms with E-state index >= 15 is 0 Å². The van der Waals surface area contributed by atoms with Crippen LogP contribution in [0.5, 0.6) is 0 Å². The fourth-order valence-corrected chi connectivity index (χ4v) is 5.37. The normalized spacial score (nSPS) is 14.1. The van der Waals surface area contributed by atoms with Gasteiger partial charge in [0.15, 0.2) is 0 Å². The van der Waals surface area contributed by atoms with Gasteiger partial charge in [-0.25, -0.2) is 0 Å². The third-order valence-corrected chi connectivity index (χ3v) is 6.63. The molecule has 1 N–H and O–H groups in total. The fourth-order valence-electron chi connectivity index (χ4n) is 2.52. The summed E-state index contributed by atoms with van der Waals surface area (Å²) in [6.45, 7) is 0. The van der Waals surface area contributed by atoms with Crippen molar-refractivity contribution in [3.63, 3.8) is 0 Å². The van der Waals surface area contributed by atoms with Crippen LogP contribution in [-0.2, 0) is 17.6 Å². The van der Waals surface area contributed by atoms with Crippen LogP contribution in [-0.4, -0.2) is 21.3 Å². The molecule has 0 amide bonds. The van der Waals surface area contributed by atoms with Gasteiger partial charge in [0.05, 0.1) is 0 Å². The van der Waals surface area contributed by atoms with E-state index in [4.69, 9.17) is 16.7 Å². The molecule has 1 aliphatic rings. The molecule has 3 nitrogen and oxygen atoms in total. The fraction of sp³-hybridized carbons (Fsp3) is 0.176. The number of halogens is 2. The molecule has 1 heterocycles. The Kier molecular flexibility index (Phi) is 4.49. The van der Waals surface area contributed by atoms with Gasteiger partial charge in [0.2, 0.25) is 0 Å². The molecule has 0 saturated heterocycles. The molecule has 0 atom stereocenters.